The predicted octanol–water partition coefficient (Wildman–Crippen LogP) is 2.26. The summed E-state index contributed by atoms with van der Waals surface area (Å²) in [6.45, 7) is 8.00. The highest BCUT2D eigenvalue weighted by Crippen LogP contribution is 2.16. The number of furan rings is 1. The molecular weight excluding hydrogens is 314 g/mol. The van der Waals surface area contributed by atoms with Crippen LogP contribution in [0.4, 0.5) is 5.88 Å². The number of rotatable bonds is 2. The number of thiocarbonyl (C=S) groups is 1. The third-order valence-electron chi connectivity index (χ3n) is 2.80. The van der Waals surface area contributed by atoms with Crippen molar-refractivity contribution >= 4 is 40.2 Å². The van der Waals surface area contributed by atoms with E-state index >= 15 is 0 Å². The molecule has 2 heterocycles. The molecule has 0 aromatic carbocycles. The maximum absolute atomic E-state index is 5.39. The molecule has 18 heavy (non-hydrogen) atoms. The Balaban J connectivity index is 0.00000162. The normalized spacial score (nSPS) is 15.5. The average molecular weight is 334 g/mol. The summed E-state index contributed by atoms with van der Waals surface area (Å²) in [6.07, 6.45) is 1.71. The van der Waals surface area contributed by atoms with E-state index in [9.17, 15) is 0 Å². The SMILES string of the molecule is Br.CC(C)NC(=S)N1CCN(c2ccco2)CC1. The van der Waals surface area contributed by atoms with Crippen LogP contribution in [0.3, 0.4) is 0 Å². The van der Waals surface area contributed by atoms with Gasteiger partial charge in [0.15, 0.2) is 11.0 Å². The molecule has 1 aromatic heterocycles. The van der Waals surface area contributed by atoms with E-state index in [0.717, 1.165) is 37.2 Å². The van der Waals surface area contributed by atoms with Crippen molar-refractivity contribution in [3.8, 4) is 0 Å². The number of hydrogen-bond donors (Lipinski definition) is 1. The van der Waals surface area contributed by atoms with Crippen molar-refractivity contribution < 1.29 is 4.42 Å². The summed E-state index contributed by atoms with van der Waals surface area (Å²) in [4.78, 5) is 4.46. The highest BCUT2D eigenvalue weighted by molar-refractivity contribution is 8.93. The summed E-state index contributed by atoms with van der Waals surface area (Å²) in [7, 11) is 0. The van der Waals surface area contributed by atoms with Gasteiger partial charge in [0.05, 0.1) is 6.26 Å². The van der Waals surface area contributed by atoms with E-state index in [1.165, 1.54) is 0 Å². The Morgan fingerprint density at radius 1 is 1.33 bits per heavy atom. The Hall–Kier alpha value is -0.750. The molecule has 1 saturated heterocycles. The van der Waals surface area contributed by atoms with E-state index in [-0.39, 0.29) is 17.0 Å². The number of piperazine rings is 1. The largest absolute Gasteiger partial charge is 0.449 e. The van der Waals surface area contributed by atoms with Crippen molar-refractivity contribution in [1.29, 1.82) is 0 Å². The third kappa shape index (κ3) is 3.88. The zero-order chi connectivity index (χ0) is 12.3. The molecule has 0 saturated carbocycles. The van der Waals surface area contributed by atoms with Gasteiger partial charge in [-0.15, -0.1) is 17.0 Å². The molecule has 2 rings (SSSR count). The van der Waals surface area contributed by atoms with E-state index in [0.29, 0.717) is 6.04 Å². The molecule has 102 valence electrons. The van der Waals surface area contributed by atoms with Crippen LogP contribution in [0.5, 0.6) is 0 Å². The van der Waals surface area contributed by atoms with Gasteiger partial charge < -0.3 is 19.5 Å². The first-order valence-electron chi connectivity index (χ1n) is 6.00. The summed E-state index contributed by atoms with van der Waals surface area (Å²) >= 11 is 5.36. The van der Waals surface area contributed by atoms with Gasteiger partial charge in [0.1, 0.15) is 0 Å². The van der Waals surface area contributed by atoms with Gasteiger partial charge in [-0.3, -0.25) is 0 Å². The lowest BCUT2D eigenvalue weighted by atomic mass is 10.3. The fraction of sp³-hybridized carbons (Fsp3) is 0.583. The lowest BCUT2D eigenvalue weighted by molar-refractivity contribution is 0.366. The van der Waals surface area contributed by atoms with E-state index < -0.39 is 0 Å². The van der Waals surface area contributed by atoms with Crippen LogP contribution in [-0.4, -0.2) is 42.2 Å². The molecule has 1 N–H and O–H groups in total. The second kappa shape index (κ2) is 6.99. The van der Waals surface area contributed by atoms with Gasteiger partial charge in [0.25, 0.3) is 0 Å². The maximum Gasteiger partial charge on any atom is 0.195 e. The van der Waals surface area contributed by atoms with Crippen LogP contribution in [0, 0.1) is 0 Å². The van der Waals surface area contributed by atoms with E-state index in [1.54, 1.807) is 6.26 Å². The number of halogens is 1. The molecular formula is C12H20BrN3OS. The van der Waals surface area contributed by atoms with Crippen LogP contribution < -0.4 is 10.2 Å². The minimum Gasteiger partial charge on any atom is -0.449 e. The first-order chi connectivity index (χ1) is 8.16. The smallest absolute Gasteiger partial charge is 0.195 e. The molecule has 0 unspecified atom stereocenters. The average Bonchev–Trinajstić information content (AvgIpc) is 2.82. The van der Waals surface area contributed by atoms with Crippen molar-refractivity contribution in [3.05, 3.63) is 18.4 Å². The fourth-order valence-electron chi connectivity index (χ4n) is 1.92. The van der Waals surface area contributed by atoms with Gasteiger partial charge in [0, 0.05) is 38.3 Å². The summed E-state index contributed by atoms with van der Waals surface area (Å²) in [5.41, 5.74) is 0. The van der Waals surface area contributed by atoms with Crippen LogP contribution in [0.1, 0.15) is 13.8 Å². The maximum atomic E-state index is 5.39. The lowest BCUT2D eigenvalue weighted by Gasteiger charge is -2.36. The third-order valence-corrected chi connectivity index (χ3v) is 3.17. The van der Waals surface area contributed by atoms with Gasteiger partial charge in [-0.05, 0) is 32.1 Å². The van der Waals surface area contributed by atoms with Gasteiger partial charge in [0.2, 0.25) is 0 Å². The molecule has 0 amide bonds. The predicted molar refractivity (Wildman–Crippen MR) is 83.7 cm³/mol. The molecule has 0 radical (unpaired) electrons. The zero-order valence-electron chi connectivity index (χ0n) is 10.8. The highest BCUT2D eigenvalue weighted by Gasteiger charge is 2.20. The summed E-state index contributed by atoms with van der Waals surface area (Å²) in [5, 5.41) is 4.14. The lowest BCUT2D eigenvalue weighted by Crippen LogP contribution is -2.52. The first-order valence-corrected chi connectivity index (χ1v) is 6.41. The monoisotopic (exact) mass is 333 g/mol. The Bertz CT molecular complexity index is 361. The number of anilines is 1. The van der Waals surface area contributed by atoms with Gasteiger partial charge >= 0.3 is 0 Å². The molecule has 0 bridgehead atoms. The van der Waals surface area contributed by atoms with E-state index in [1.807, 2.05) is 12.1 Å². The van der Waals surface area contributed by atoms with Crippen LogP contribution in [0.2, 0.25) is 0 Å². The Kier molecular flexibility index (Phi) is 5.95. The Morgan fingerprint density at radius 2 is 2.00 bits per heavy atom. The van der Waals surface area contributed by atoms with Crippen LogP contribution >= 0.6 is 29.2 Å². The first kappa shape index (κ1) is 15.3. The van der Waals surface area contributed by atoms with Gasteiger partial charge in [-0.1, -0.05) is 0 Å². The number of nitrogens with one attached hydrogen (secondary N) is 1. The minimum absolute atomic E-state index is 0. The molecule has 0 atom stereocenters. The van der Waals surface area contributed by atoms with E-state index in [2.05, 4.69) is 29.0 Å². The molecule has 1 fully saturated rings. The molecule has 4 nitrogen and oxygen atoms in total. The highest BCUT2D eigenvalue weighted by atomic mass is 79.9. The van der Waals surface area contributed by atoms with Crippen molar-refractivity contribution in [3.63, 3.8) is 0 Å². The van der Waals surface area contributed by atoms with E-state index in [4.69, 9.17) is 16.6 Å². The summed E-state index contributed by atoms with van der Waals surface area (Å²) < 4.78 is 5.39. The second-order valence-electron chi connectivity index (χ2n) is 4.53. The molecule has 0 spiro atoms. The Morgan fingerprint density at radius 3 is 2.50 bits per heavy atom. The molecule has 0 aliphatic carbocycles. The van der Waals surface area contributed by atoms with Crippen molar-refractivity contribution in [2.45, 2.75) is 19.9 Å². The summed E-state index contributed by atoms with van der Waals surface area (Å²) in [6, 6.07) is 4.32. The standard InChI is InChI=1S/C12H19N3OS.BrH/c1-10(2)13-12(17)15-7-5-14(6-8-15)11-4-3-9-16-11;/h3-4,9-10H,5-8H2,1-2H3,(H,13,17);1H. The second-order valence-corrected chi connectivity index (χ2v) is 4.92. The summed E-state index contributed by atoms with van der Waals surface area (Å²) in [5.74, 6) is 0.951. The molecule has 1 aliphatic rings. The van der Waals surface area contributed by atoms with Crippen molar-refractivity contribution in [1.82, 2.24) is 10.2 Å². The van der Waals surface area contributed by atoms with Crippen LogP contribution in [-0.2, 0) is 0 Å². The van der Waals surface area contributed by atoms with Gasteiger partial charge in [-0.25, -0.2) is 0 Å². The molecule has 1 aliphatic heterocycles. The van der Waals surface area contributed by atoms with Crippen LogP contribution in [0.25, 0.3) is 0 Å². The minimum atomic E-state index is 0. The van der Waals surface area contributed by atoms with Gasteiger partial charge in [-0.2, -0.15) is 0 Å². The number of nitrogens with zero attached hydrogens (tertiary/aromatic N) is 2. The topological polar surface area (TPSA) is 31.6 Å². The van der Waals surface area contributed by atoms with Crippen molar-refractivity contribution in [2.24, 2.45) is 0 Å². The number of hydrogen-bond acceptors (Lipinski definition) is 3. The Labute approximate surface area is 124 Å². The molecule has 6 heteroatoms. The quantitative estimate of drug-likeness (QED) is 0.839. The van der Waals surface area contributed by atoms with Crippen LogP contribution in [0.15, 0.2) is 22.8 Å². The van der Waals surface area contributed by atoms with Crippen molar-refractivity contribution in [2.75, 3.05) is 31.1 Å². The molecule has 1 aromatic rings. The fourth-order valence-corrected chi connectivity index (χ4v) is 2.34. The zero-order valence-corrected chi connectivity index (χ0v) is 13.3.